The van der Waals surface area contributed by atoms with Gasteiger partial charge in [-0.25, -0.2) is 9.97 Å². The number of ether oxygens (including phenoxy) is 1. The summed E-state index contributed by atoms with van der Waals surface area (Å²) in [7, 11) is 0. The predicted molar refractivity (Wildman–Crippen MR) is 120 cm³/mol. The van der Waals surface area contributed by atoms with Gasteiger partial charge in [-0.3, -0.25) is 4.90 Å². The highest BCUT2D eigenvalue weighted by Gasteiger charge is 2.17. The Hall–Kier alpha value is -1.69. The molecule has 4 rings (SSSR count). The van der Waals surface area contributed by atoms with Crippen LogP contribution in [0.3, 0.4) is 0 Å². The minimum atomic E-state index is 0. The molecule has 2 aromatic rings. The number of aryl methyl sites for hydroxylation is 1. The van der Waals surface area contributed by atoms with Crippen LogP contribution in [0.2, 0.25) is 5.02 Å². The van der Waals surface area contributed by atoms with Crippen molar-refractivity contribution in [2.75, 3.05) is 25.0 Å². The molecule has 29 heavy (non-hydrogen) atoms. The number of halogens is 1. The fourth-order valence-electron chi connectivity index (χ4n) is 4.01. The summed E-state index contributed by atoms with van der Waals surface area (Å²) in [5.74, 6) is 0.593. The fraction of sp³-hybridized carbons (Fsp3) is 0.565. The summed E-state index contributed by atoms with van der Waals surface area (Å²) in [4.78, 5) is 11.5. The normalized spacial score (nSPS) is 19.7. The van der Waals surface area contributed by atoms with E-state index >= 15 is 0 Å². The van der Waals surface area contributed by atoms with Crippen LogP contribution in [-0.2, 0) is 17.7 Å². The van der Waals surface area contributed by atoms with Crippen molar-refractivity contribution in [3.63, 3.8) is 0 Å². The molecular formula is C23H33ClN4O. The maximum absolute atomic E-state index is 6.30. The van der Waals surface area contributed by atoms with Gasteiger partial charge in [-0.15, -0.1) is 0 Å². The van der Waals surface area contributed by atoms with Gasteiger partial charge in [-0.1, -0.05) is 37.6 Å². The van der Waals surface area contributed by atoms with E-state index in [-0.39, 0.29) is 7.43 Å². The van der Waals surface area contributed by atoms with Crippen molar-refractivity contribution in [2.24, 2.45) is 0 Å². The Labute approximate surface area is 179 Å². The average molecular weight is 417 g/mol. The number of aromatic nitrogens is 2. The molecule has 1 atom stereocenters. The van der Waals surface area contributed by atoms with Crippen molar-refractivity contribution in [1.82, 2.24) is 14.9 Å². The van der Waals surface area contributed by atoms with Gasteiger partial charge in [0, 0.05) is 18.8 Å². The van der Waals surface area contributed by atoms with Crippen LogP contribution < -0.4 is 5.32 Å². The van der Waals surface area contributed by atoms with Gasteiger partial charge in [-0.05, 0) is 69.3 Å². The Morgan fingerprint density at radius 2 is 1.90 bits per heavy atom. The van der Waals surface area contributed by atoms with E-state index in [4.69, 9.17) is 16.3 Å². The van der Waals surface area contributed by atoms with Gasteiger partial charge in [0.25, 0.3) is 0 Å². The lowest BCUT2D eigenvalue weighted by molar-refractivity contribution is 0.104. The number of hydrogen-bond acceptors (Lipinski definition) is 5. The molecule has 1 aromatic carbocycles. The third kappa shape index (κ3) is 6.39. The second-order valence-corrected chi connectivity index (χ2v) is 8.23. The first-order valence-electron chi connectivity index (χ1n) is 10.5. The molecule has 2 aliphatic heterocycles. The maximum atomic E-state index is 6.30. The molecule has 2 saturated heterocycles. The third-order valence-electron chi connectivity index (χ3n) is 5.61. The summed E-state index contributed by atoms with van der Waals surface area (Å²) < 4.78 is 5.70. The molecule has 0 saturated carbocycles. The van der Waals surface area contributed by atoms with Gasteiger partial charge in [0.05, 0.1) is 23.0 Å². The lowest BCUT2D eigenvalue weighted by Gasteiger charge is -2.26. The molecule has 1 unspecified atom stereocenters. The van der Waals surface area contributed by atoms with Crippen LogP contribution in [0.15, 0.2) is 30.5 Å². The Bertz CT molecular complexity index is 756. The summed E-state index contributed by atoms with van der Waals surface area (Å²) in [6.07, 6.45) is 10.1. The Morgan fingerprint density at radius 3 is 2.62 bits per heavy atom. The number of benzene rings is 1. The number of piperidine rings is 1. The number of anilines is 2. The molecule has 0 radical (unpaired) electrons. The smallest absolute Gasteiger partial charge is 0.227 e. The van der Waals surface area contributed by atoms with E-state index < -0.39 is 0 Å². The van der Waals surface area contributed by atoms with Crippen molar-refractivity contribution in [2.45, 2.75) is 65.0 Å². The summed E-state index contributed by atoms with van der Waals surface area (Å²) in [5.41, 5.74) is 3.23. The largest absolute Gasteiger partial charge is 0.378 e. The standard InChI is InChI=1S/C22H29ClN4O.CH4/c23-20-15-24-22(26-21(20)11-10-19-5-4-14-28-19)25-18-8-6-17(7-9-18)16-27-12-2-1-3-13-27;/h6-9,15,19H,1-5,10-14,16H2,(H,24,25,26);1H4. The molecule has 0 bridgehead atoms. The van der Waals surface area contributed by atoms with Gasteiger partial charge in [0.1, 0.15) is 0 Å². The SMILES string of the molecule is C.Clc1cnc(Nc2ccc(CN3CCCCC3)cc2)nc1CCC1CCCO1. The van der Waals surface area contributed by atoms with Gasteiger partial charge >= 0.3 is 0 Å². The molecule has 3 heterocycles. The van der Waals surface area contributed by atoms with Crippen LogP contribution in [0.1, 0.15) is 57.2 Å². The topological polar surface area (TPSA) is 50.3 Å². The summed E-state index contributed by atoms with van der Waals surface area (Å²) >= 11 is 6.30. The number of rotatable bonds is 7. The lowest BCUT2D eigenvalue weighted by Crippen LogP contribution is -2.29. The molecule has 1 N–H and O–H groups in total. The molecule has 0 spiro atoms. The van der Waals surface area contributed by atoms with E-state index in [0.29, 0.717) is 17.1 Å². The number of hydrogen-bond donors (Lipinski definition) is 1. The molecule has 2 fully saturated rings. The zero-order valence-corrected chi connectivity index (χ0v) is 17.1. The summed E-state index contributed by atoms with van der Waals surface area (Å²) in [6, 6.07) is 8.57. The fourth-order valence-corrected chi connectivity index (χ4v) is 4.19. The van der Waals surface area contributed by atoms with Crippen LogP contribution >= 0.6 is 11.6 Å². The highest BCUT2D eigenvalue weighted by Crippen LogP contribution is 2.23. The van der Waals surface area contributed by atoms with Gasteiger partial charge in [0.15, 0.2) is 0 Å². The van der Waals surface area contributed by atoms with E-state index in [9.17, 15) is 0 Å². The van der Waals surface area contributed by atoms with E-state index in [2.05, 4.69) is 44.5 Å². The second-order valence-electron chi connectivity index (χ2n) is 7.82. The predicted octanol–water partition coefficient (Wildman–Crippen LogP) is 5.61. The van der Waals surface area contributed by atoms with Crippen molar-refractivity contribution in [3.8, 4) is 0 Å². The average Bonchev–Trinajstić information content (AvgIpc) is 3.24. The van der Waals surface area contributed by atoms with Crippen molar-refractivity contribution in [3.05, 3.63) is 46.7 Å². The zero-order valence-electron chi connectivity index (χ0n) is 16.4. The number of nitrogens with zero attached hydrogens (tertiary/aromatic N) is 3. The minimum Gasteiger partial charge on any atom is -0.378 e. The number of likely N-dealkylation sites (tertiary alicyclic amines) is 1. The van der Waals surface area contributed by atoms with Crippen LogP contribution in [0.5, 0.6) is 0 Å². The first-order valence-corrected chi connectivity index (χ1v) is 10.9. The molecule has 6 heteroatoms. The Kier molecular flexibility index (Phi) is 8.28. The van der Waals surface area contributed by atoms with Gasteiger partial charge in [-0.2, -0.15) is 0 Å². The van der Waals surface area contributed by atoms with E-state index in [1.807, 2.05) is 0 Å². The molecule has 1 aromatic heterocycles. The first kappa shape index (κ1) is 22.0. The molecular weight excluding hydrogens is 384 g/mol. The van der Waals surface area contributed by atoms with Crippen molar-refractivity contribution in [1.29, 1.82) is 0 Å². The van der Waals surface area contributed by atoms with Crippen molar-refractivity contribution < 1.29 is 4.74 Å². The van der Waals surface area contributed by atoms with Crippen molar-refractivity contribution >= 4 is 23.2 Å². The maximum Gasteiger partial charge on any atom is 0.227 e. The Morgan fingerprint density at radius 1 is 1.10 bits per heavy atom. The van der Waals surface area contributed by atoms with E-state index in [1.165, 1.54) is 37.9 Å². The molecule has 2 aliphatic rings. The van der Waals surface area contributed by atoms with E-state index in [1.54, 1.807) is 6.20 Å². The molecule has 0 aliphatic carbocycles. The Balaban J connectivity index is 0.00000240. The highest BCUT2D eigenvalue weighted by atomic mass is 35.5. The molecule has 5 nitrogen and oxygen atoms in total. The van der Waals surface area contributed by atoms with Gasteiger partial charge in [0.2, 0.25) is 5.95 Å². The summed E-state index contributed by atoms with van der Waals surface area (Å²) in [6.45, 7) is 4.34. The minimum absolute atomic E-state index is 0. The van der Waals surface area contributed by atoms with E-state index in [0.717, 1.165) is 50.2 Å². The summed E-state index contributed by atoms with van der Waals surface area (Å²) in [5, 5.41) is 3.93. The van der Waals surface area contributed by atoms with Crippen LogP contribution in [0.4, 0.5) is 11.6 Å². The third-order valence-corrected chi connectivity index (χ3v) is 5.92. The van der Waals surface area contributed by atoms with Gasteiger partial charge < -0.3 is 10.1 Å². The number of nitrogens with one attached hydrogen (secondary N) is 1. The first-order chi connectivity index (χ1) is 13.8. The van der Waals surface area contributed by atoms with Crippen LogP contribution in [0, 0.1) is 0 Å². The second kappa shape index (κ2) is 10.9. The lowest BCUT2D eigenvalue weighted by atomic mass is 10.1. The molecule has 0 amide bonds. The quantitative estimate of drug-likeness (QED) is 0.635. The van der Waals surface area contributed by atoms with Crippen LogP contribution in [0.25, 0.3) is 0 Å². The highest BCUT2D eigenvalue weighted by molar-refractivity contribution is 6.31. The van der Waals surface area contributed by atoms with Crippen LogP contribution in [-0.4, -0.2) is 40.7 Å². The monoisotopic (exact) mass is 416 g/mol. The zero-order chi connectivity index (χ0) is 19.2. The molecule has 158 valence electrons.